The Morgan fingerprint density at radius 1 is 1.53 bits per heavy atom. The molecule has 1 aliphatic carbocycles. The van der Waals surface area contributed by atoms with E-state index in [1.54, 1.807) is 6.08 Å². The summed E-state index contributed by atoms with van der Waals surface area (Å²) in [4.78, 5) is 10.5. The molecule has 0 spiro atoms. The number of allylic oxidation sites excluding steroid dienone is 2. The van der Waals surface area contributed by atoms with Gasteiger partial charge in [-0.05, 0) is 36.3 Å². The molecule has 1 unspecified atom stereocenters. The zero-order valence-electron chi connectivity index (χ0n) is 9.45. The molecule has 0 saturated carbocycles. The largest absolute Gasteiger partial charge is 0.478 e. The second-order valence-corrected chi connectivity index (χ2v) is 4.71. The monoisotopic (exact) mass is 210 g/mol. The van der Waals surface area contributed by atoms with E-state index in [4.69, 9.17) is 5.11 Å². The van der Waals surface area contributed by atoms with Crippen LogP contribution in [0.5, 0.6) is 0 Å². The molecule has 0 aromatic carbocycles. The predicted octanol–water partition coefficient (Wildman–Crippen LogP) is 2.12. The highest BCUT2D eigenvalue weighted by atomic mass is 16.4. The maximum Gasteiger partial charge on any atom is 0.328 e. The Kier molecular flexibility index (Phi) is 3.35. The normalized spacial score (nSPS) is 26.0. The molecular weight excluding hydrogens is 192 g/mol. The fourth-order valence-corrected chi connectivity index (χ4v) is 2.07. The Balaban J connectivity index is 3.07. The number of rotatable bonds is 2. The first-order valence-electron chi connectivity index (χ1n) is 5.15. The maximum absolute atomic E-state index is 10.5. The summed E-state index contributed by atoms with van der Waals surface area (Å²) in [6, 6.07) is 0. The minimum Gasteiger partial charge on any atom is -0.478 e. The first kappa shape index (κ1) is 12.0. The van der Waals surface area contributed by atoms with Crippen molar-refractivity contribution in [2.45, 2.75) is 39.7 Å². The van der Waals surface area contributed by atoms with Crippen molar-refractivity contribution < 1.29 is 15.0 Å². The van der Waals surface area contributed by atoms with E-state index in [9.17, 15) is 9.90 Å². The lowest BCUT2D eigenvalue weighted by Gasteiger charge is -2.35. The molecule has 0 aliphatic heterocycles. The second kappa shape index (κ2) is 4.19. The average Bonchev–Trinajstić information content (AvgIpc) is 2.11. The molecule has 0 amide bonds. The summed E-state index contributed by atoms with van der Waals surface area (Å²) in [5.74, 6) is -0.953. The van der Waals surface area contributed by atoms with E-state index in [0.717, 1.165) is 30.1 Å². The molecule has 0 aromatic heterocycles. The molecule has 1 aliphatic rings. The van der Waals surface area contributed by atoms with Gasteiger partial charge in [-0.1, -0.05) is 19.9 Å². The number of carboxylic acid groups (broad SMARTS) is 1. The van der Waals surface area contributed by atoms with E-state index in [0.29, 0.717) is 0 Å². The molecule has 3 nitrogen and oxygen atoms in total. The van der Waals surface area contributed by atoms with Gasteiger partial charge in [0.25, 0.3) is 0 Å². The molecular formula is C12H18O3. The highest BCUT2D eigenvalue weighted by Gasteiger charge is 2.30. The lowest BCUT2D eigenvalue weighted by Crippen LogP contribution is -2.27. The van der Waals surface area contributed by atoms with Crippen molar-refractivity contribution in [2.75, 3.05) is 0 Å². The van der Waals surface area contributed by atoms with E-state index in [2.05, 4.69) is 13.8 Å². The summed E-state index contributed by atoms with van der Waals surface area (Å²) in [7, 11) is 0. The van der Waals surface area contributed by atoms with Gasteiger partial charge in [-0.15, -0.1) is 0 Å². The number of carboxylic acids is 1. The van der Waals surface area contributed by atoms with Gasteiger partial charge >= 0.3 is 5.97 Å². The molecule has 0 fully saturated rings. The Hall–Kier alpha value is -1.09. The fourth-order valence-electron chi connectivity index (χ4n) is 2.07. The van der Waals surface area contributed by atoms with Crippen molar-refractivity contribution in [2.24, 2.45) is 5.41 Å². The number of carbonyl (C=O) groups is 1. The van der Waals surface area contributed by atoms with Crippen LogP contribution >= 0.6 is 0 Å². The lowest BCUT2D eigenvalue weighted by atomic mass is 9.71. The number of hydrogen-bond acceptors (Lipinski definition) is 2. The van der Waals surface area contributed by atoms with Gasteiger partial charge in [0.15, 0.2) is 0 Å². The van der Waals surface area contributed by atoms with Crippen molar-refractivity contribution in [1.82, 2.24) is 0 Å². The third-order valence-corrected chi connectivity index (χ3v) is 3.09. The zero-order chi connectivity index (χ0) is 11.6. The average molecular weight is 210 g/mol. The topological polar surface area (TPSA) is 57.5 Å². The van der Waals surface area contributed by atoms with E-state index < -0.39 is 12.1 Å². The van der Waals surface area contributed by atoms with Crippen LogP contribution in [0.1, 0.15) is 33.6 Å². The third kappa shape index (κ3) is 2.69. The Morgan fingerprint density at radius 2 is 2.13 bits per heavy atom. The van der Waals surface area contributed by atoms with Gasteiger partial charge in [0.1, 0.15) is 0 Å². The minimum atomic E-state index is -0.953. The minimum absolute atomic E-state index is 0.0464. The summed E-state index contributed by atoms with van der Waals surface area (Å²) in [5, 5.41) is 18.3. The Bertz CT molecular complexity index is 324. The lowest BCUT2D eigenvalue weighted by molar-refractivity contribution is -0.131. The van der Waals surface area contributed by atoms with Crippen LogP contribution in [0.15, 0.2) is 23.3 Å². The van der Waals surface area contributed by atoms with Gasteiger partial charge in [0, 0.05) is 6.08 Å². The zero-order valence-corrected chi connectivity index (χ0v) is 9.45. The van der Waals surface area contributed by atoms with Crippen LogP contribution in [-0.2, 0) is 4.79 Å². The van der Waals surface area contributed by atoms with E-state index in [-0.39, 0.29) is 5.41 Å². The third-order valence-electron chi connectivity index (χ3n) is 3.09. The molecule has 0 aromatic rings. The van der Waals surface area contributed by atoms with Gasteiger partial charge in [-0.25, -0.2) is 4.79 Å². The standard InChI is InChI=1S/C12H18O3/c1-8-9(4-5-11(14)15)12(2,3)7-6-10(8)13/h4-5,10,13H,6-7H2,1-3H3,(H,14,15). The molecule has 1 atom stereocenters. The molecule has 1 rings (SSSR count). The van der Waals surface area contributed by atoms with Gasteiger partial charge in [0.2, 0.25) is 0 Å². The van der Waals surface area contributed by atoms with Gasteiger partial charge < -0.3 is 10.2 Å². The number of aliphatic carboxylic acids is 1. The number of aliphatic hydroxyl groups is 1. The molecule has 0 bridgehead atoms. The van der Waals surface area contributed by atoms with Crippen molar-refractivity contribution >= 4 is 5.97 Å². The molecule has 2 N–H and O–H groups in total. The first-order chi connectivity index (χ1) is 6.84. The van der Waals surface area contributed by atoms with Gasteiger partial charge in [-0.3, -0.25) is 0 Å². The smallest absolute Gasteiger partial charge is 0.328 e. The van der Waals surface area contributed by atoms with Crippen molar-refractivity contribution in [3.8, 4) is 0 Å². The van der Waals surface area contributed by atoms with Crippen LogP contribution in [0.2, 0.25) is 0 Å². The van der Waals surface area contributed by atoms with Crippen LogP contribution in [0.3, 0.4) is 0 Å². The predicted molar refractivity (Wildman–Crippen MR) is 58.5 cm³/mol. The first-order valence-corrected chi connectivity index (χ1v) is 5.15. The highest BCUT2D eigenvalue weighted by molar-refractivity contribution is 5.80. The van der Waals surface area contributed by atoms with Crippen LogP contribution in [0, 0.1) is 5.41 Å². The molecule has 0 heterocycles. The Morgan fingerprint density at radius 3 is 2.67 bits per heavy atom. The molecule has 15 heavy (non-hydrogen) atoms. The fraction of sp³-hybridized carbons (Fsp3) is 0.583. The SMILES string of the molecule is CC1=C(C=CC(=O)O)C(C)(C)CCC1O. The molecule has 0 radical (unpaired) electrons. The number of aliphatic hydroxyl groups excluding tert-OH is 1. The van der Waals surface area contributed by atoms with E-state index in [1.165, 1.54) is 0 Å². The second-order valence-electron chi connectivity index (χ2n) is 4.71. The summed E-state index contributed by atoms with van der Waals surface area (Å²) < 4.78 is 0. The summed E-state index contributed by atoms with van der Waals surface area (Å²) in [6.07, 6.45) is 3.96. The van der Waals surface area contributed by atoms with Crippen molar-refractivity contribution in [3.05, 3.63) is 23.3 Å². The summed E-state index contributed by atoms with van der Waals surface area (Å²) in [6.45, 7) is 6.01. The molecule has 3 heteroatoms. The van der Waals surface area contributed by atoms with Crippen LogP contribution < -0.4 is 0 Å². The van der Waals surface area contributed by atoms with E-state index in [1.807, 2.05) is 6.92 Å². The number of hydrogen-bond donors (Lipinski definition) is 2. The van der Waals surface area contributed by atoms with Crippen molar-refractivity contribution in [3.63, 3.8) is 0 Å². The quantitative estimate of drug-likeness (QED) is 0.686. The van der Waals surface area contributed by atoms with E-state index >= 15 is 0 Å². The van der Waals surface area contributed by atoms with Crippen LogP contribution in [0.25, 0.3) is 0 Å². The molecule has 0 saturated heterocycles. The summed E-state index contributed by atoms with van der Waals surface area (Å²) in [5.41, 5.74) is 1.79. The molecule has 84 valence electrons. The van der Waals surface area contributed by atoms with Gasteiger partial charge in [-0.2, -0.15) is 0 Å². The summed E-state index contributed by atoms with van der Waals surface area (Å²) >= 11 is 0. The Labute approximate surface area is 90.1 Å². The van der Waals surface area contributed by atoms with Gasteiger partial charge in [0.05, 0.1) is 6.10 Å². The van der Waals surface area contributed by atoms with Crippen LogP contribution in [0.4, 0.5) is 0 Å². The van der Waals surface area contributed by atoms with Crippen LogP contribution in [-0.4, -0.2) is 22.3 Å². The maximum atomic E-state index is 10.5. The highest BCUT2D eigenvalue weighted by Crippen LogP contribution is 2.40. The van der Waals surface area contributed by atoms with Crippen molar-refractivity contribution in [1.29, 1.82) is 0 Å².